The second kappa shape index (κ2) is 10.0. The molecule has 1 heterocycles. The Bertz CT molecular complexity index is 590. The van der Waals surface area contributed by atoms with Gasteiger partial charge >= 0.3 is 0 Å². The fourth-order valence-electron chi connectivity index (χ4n) is 3.16. The third-order valence-corrected chi connectivity index (χ3v) is 4.83. The molecule has 0 bridgehead atoms. The molecule has 1 aliphatic heterocycles. The predicted octanol–water partition coefficient (Wildman–Crippen LogP) is -0.754. The Morgan fingerprint density at radius 3 is 2.56 bits per heavy atom. The minimum atomic E-state index is -0.887. The summed E-state index contributed by atoms with van der Waals surface area (Å²) >= 11 is 0. The molecule has 0 radical (unpaired) electrons. The number of amides is 4. The number of unbranched alkanes of at least 4 members (excludes halogenated alkanes) is 1. The van der Waals surface area contributed by atoms with E-state index in [1.165, 1.54) is 4.90 Å². The Labute approximate surface area is 158 Å². The molecule has 2 atom stereocenters. The van der Waals surface area contributed by atoms with Gasteiger partial charge in [0.1, 0.15) is 6.04 Å². The molecule has 0 aromatic heterocycles. The average molecular weight is 380 g/mol. The summed E-state index contributed by atoms with van der Waals surface area (Å²) in [5.41, 5.74) is 0. The maximum absolute atomic E-state index is 12.7. The molecule has 0 spiro atoms. The number of Topliss-reactive ketones (excluding diaryl/α,β-unsaturated/α-hetero) is 1. The van der Waals surface area contributed by atoms with Crippen LogP contribution in [0.4, 0.5) is 0 Å². The number of hydrogen-bond donors (Lipinski definition) is 3. The van der Waals surface area contributed by atoms with Crippen molar-refractivity contribution in [2.75, 3.05) is 13.1 Å². The van der Waals surface area contributed by atoms with Gasteiger partial charge in [-0.15, -0.1) is 0 Å². The standard InChI is InChI=1S/C18H28N4O5/c1-2-3-5-13(16(25)18(27)20-12-7-8-12)21-17(26)14-6-4-9-22(14)15(24)10-19-11-23/h11-14H,2-10H2,1H3,(H,19,23)(H,20,27)(H,21,26). The van der Waals surface area contributed by atoms with E-state index in [4.69, 9.17) is 0 Å². The van der Waals surface area contributed by atoms with Crippen molar-refractivity contribution in [3.8, 4) is 0 Å². The smallest absolute Gasteiger partial charge is 0.289 e. The van der Waals surface area contributed by atoms with Crippen LogP contribution in [-0.4, -0.2) is 66.0 Å². The summed E-state index contributed by atoms with van der Waals surface area (Å²) < 4.78 is 0. The molecule has 150 valence electrons. The summed E-state index contributed by atoms with van der Waals surface area (Å²) in [5.74, 6) is -2.07. The summed E-state index contributed by atoms with van der Waals surface area (Å²) in [5, 5.41) is 7.63. The van der Waals surface area contributed by atoms with Crippen LogP contribution in [-0.2, 0) is 24.0 Å². The van der Waals surface area contributed by atoms with Gasteiger partial charge in [-0.1, -0.05) is 19.8 Å². The SMILES string of the molecule is CCCCC(NC(=O)C1CCCN1C(=O)CNC=O)C(=O)C(=O)NC1CC1. The molecule has 3 N–H and O–H groups in total. The summed E-state index contributed by atoms with van der Waals surface area (Å²) in [6, 6.07) is -1.51. The zero-order chi connectivity index (χ0) is 19.8. The van der Waals surface area contributed by atoms with E-state index in [-0.39, 0.29) is 18.5 Å². The lowest BCUT2D eigenvalue weighted by Gasteiger charge is -2.26. The Kier molecular flexibility index (Phi) is 7.75. The lowest BCUT2D eigenvalue weighted by Crippen LogP contribution is -2.54. The van der Waals surface area contributed by atoms with Gasteiger partial charge in [0.25, 0.3) is 5.91 Å². The van der Waals surface area contributed by atoms with Crippen LogP contribution in [0.3, 0.4) is 0 Å². The van der Waals surface area contributed by atoms with Crippen molar-refractivity contribution in [3.05, 3.63) is 0 Å². The number of rotatable bonds is 11. The van der Waals surface area contributed by atoms with E-state index in [0.717, 1.165) is 19.3 Å². The first-order valence-corrected chi connectivity index (χ1v) is 9.59. The van der Waals surface area contributed by atoms with Gasteiger partial charge in [0.2, 0.25) is 24.0 Å². The van der Waals surface area contributed by atoms with Crippen LogP contribution < -0.4 is 16.0 Å². The van der Waals surface area contributed by atoms with Gasteiger partial charge in [-0.25, -0.2) is 0 Å². The van der Waals surface area contributed by atoms with Crippen molar-refractivity contribution in [1.29, 1.82) is 0 Å². The fraction of sp³-hybridized carbons (Fsp3) is 0.722. The second-order valence-corrected chi connectivity index (χ2v) is 7.06. The van der Waals surface area contributed by atoms with Gasteiger partial charge in [-0.05, 0) is 32.1 Å². The zero-order valence-corrected chi connectivity index (χ0v) is 15.7. The molecule has 4 amide bonds. The molecule has 1 saturated carbocycles. The summed E-state index contributed by atoms with van der Waals surface area (Å²) in [6.45, 7) is 2.22. The molecular weight excluding hydrogens is 352 g/mol. The van der Waals surface area contributed by atoms with Gasteiger partial charge in [0, 0.05) is 12.6 Å². The molecule has 9 nitrogen and oxygen atoms in total. The topological polar surface area (TPSA) is 125 Å². The molecule has 9 heteroatoms. The Balaban J connectivity index is 1.98. The maximum Gasteiger partial charge on any atom is 0.289 e. The summed E-state index contributed by atoms with van der Waals surface area (Å²) in [4.78, 5) is 61.2. The molecule has 1 aliphatic carbocycles. The lowest BCUT2D eigenvalue weighted by molar-refractivity contribution is -0.142. The maximum atomic E-state index is 12.7. The van der Waals surface area contributed by atoms with Crippen molar-refractivity contribution in [3.63, 3.8) is 0 Å². The van der Waals surface area contributed by atoms with E-state index in [0.29, 0.717) is 38.6 Å². The minimum Gasteiger partial charge on any atom is -0.350 e. The molecule has 2 fully saturated rings. The molecule has 2 unspecified atom stereocenters. The van der Waals surface area contributed by atoms with Crippen LogP contribution in [0.5, 0.6) is 0 Å². The Hall–Kier alpha value is -2.45. The summed E-state index contributed by atoms with van der Waals surface area (Å²) in [6.07, 6.45) is 5.24. The van der Waals surface area contributed by atoms with Gasteiger partial charge in [-0.3, -0.25) is 24.0 Å². The summed E-state index contributed by atoms with van der Waals surface area (Å²) in [7, 11) is 0. The lowest BCUT2D eigenvalue weighted by atomic mass is 10.0. The molecule has 2 aliphatic rings. The van der Waals surface area contributed by atoms with E-state index in [2.05, 4.69) is 16.0 Å². The number of ketones is 1. The second-order valence-electron chi connectivity index (χ2n) is 7.06. The molecule has 0 aromatic rings. The first kappa shape index (κ1) is 20.9. The van der Waals surface area contributed by atoms with Crippen LogP contribution in [0.2, 0.25) is 0 Å². The van der Waals surface area contributed by atoms with E-state index in [9.17, 15) is 24.0 Å². The van der Waals surface area contributed by atoms with Gasteiger partial charge < -0.3 is 20.9 Å². The van der Waals surface area contributed by atoms with E-state index >= 15 is 0 Å². The fourth-order valence-corrected chi connectivity index (χ4v) is 3.16. The number of hydrogen-bond acceptors (Lipinski definition) is 5. The van der Waals surface area contributed by atoms with Crippen LogP contribution in [0.1, 0.15) is 51.9 Å². The quantitative estimate of drug-likeness (QED) is 0.321. The number of nitrogens with zero attached hydrogens (tertiary/aromatic N) is 1. The first-order valence-electron chi connectivity index (χ1n) is 9.59. The van der Waals surface area contributed by atoms with Gasteiger partial charge in [0.15, 0.2) is 0 Å². The van der Waals surface area contributed by atoms with Crippen molar-refractivity contribution in [1.82, 2.24) is 20.9 Å². The van der Waals surface area contributed by atoms with E-state index in [1.54, 1.807) is 0 Å². The molecule has 1 saturated heterocycles. The van der Waals surface area contributed by atoms with Crippen LogP contribution in [0.15, 0.2) is 0 Å². The van der Waals surface area contributed by atoms with Crippen molar-refractivity contribution in [2.45, 2.75) is 70.0 Å². The van der Waals surface area contributed by atoms with Crippen molar-refractivity contribution < 1.29 is 24.0 Å². The van der Waals surface area contributed by atoms with Crippen LogP contribution >= 0.6 is 0 Å². The minimum absolute atomic E-state index is 0.0669. The molecular formula is C18H28N4O5. The van der Waals surface area contributed by atoms with Gasteiger partial charge in [-0.2, -0.15) is 0 Å². The zero-order valence-electron chi connectivity index (χ0n) is 15.7. The highest BCUT2D eigenvalue weighted by molar-refractivity contribution is 6.38. The number of carbonyl (C=O) groups excluding carboxylic acids is 5. The normalized spacial score (nSPS) is 19.9. The molecule has 0 aromatic carbocycles. The van der Waals surface area contributed by atoms with Crippen LogP contribution in [0.25, 0.3) is 0 Å². The number of likely N-dealkylation sites (tertiary alicyclic amines) is 1. The van der Waals surface area contributed by atoms with Crippen molar-refractivity contribution >= 4 is 29.9 Å². The molecule has 27 heavy (non-hydrogen) atoms. The number of nitrogens with one attached hydrogen (secondary N) is 3. The predicted molar refractivity (Wildman–Crippen MR) is 96.4 cm³/mol. The monoisotopic (exact) mass is 380 g/mol. The van der Waals surface area contributed by atoms with E-state index in [1.807, 2.05) is 6.92 Å². The van der Waals surface area contributed by atoms with Crippen LogP contribution in [0, 0.1) is 0 Å². The third kappa shape index (κ3) is 6.04. The highest BCUT2D eigenvalue weighted by Gasteiger charge is 2.37. The largest absolute Gasteiger partial charge is 0.350 e. The number of carbonyl (C=O) groups is 5. The highest BCUT2D eigenvalue weighted by atomic mass is 16.2. The third-order valence-electron chi connectivity index (χ3n) is 4.83. The van der Waals surface area contributed by atoms with Crippen molar-refractivity contribution in [2.24, 2.45) is 0 Å². The highest BCUT2D eigenvalue weighted by Crippen LogP contribution is 2.19. The molecule has 2 rings (SSSR count). The average Bonchev–Trinajstić information content (AvgIpc) is 3.33. The first-order chi connectivity index (χ1) is 13.0. The Morgan fingerprint density at radius 1 is 1.19 bits per heavy atom. The van der Waals surface area contributed by atoms with Gasteiger partial charge in [0.05, 0.1) is 12.6 Å². The Morgan fingerprint density at radius 2 is 1.93 bits per heavy atom. The van der Waals surface area contributed by atoms with E-state index < -0.39 is 29.7 Å².